The number of halogens is 1. The lowest BCUT2D eigenvalue weighted by atomic mass is 10.2. The number of benzene rings is 1. The van der Waals surface area contributed by atoms with Gasteiger partial charge in [0.05, 0.1) is 10.5 Å². The third kappa shape index (κ3) is 4.84. The average molecular weight is 327 g/mol. The summed E-state index contributed by atoms with van der Waals surface area (Å²) in [5.41, 5.74) is 1.31. The molecule has 1 N–H and O–H groups in total. The van der Waals surface area contributed by atoms with E-state index in [-0.39, 0.29) is 23.2 Å². The lowest BCUT2D eigenvalue weighted by Crippen LogP contribution is -2.22. The average Bonchev–Trinajstić information content (AvgIpc) is 2.45. The zero-order valence-corrected chi connectivity index (χ0v) is 12.9. The number of rotatable bonds is 4. The third-order valence-electron chi connectivity index (χ3n) is 2.73. The van der Waals surface area contributed by atoms with Crippen molar-refractivity contribution >= 4 is 28.2 Å². The Morgan fingerprint density at radius 1 is 1.19 bits per heavy atom. The smallest absolute Gasteiger partial charge is 0.253 e. The molecule has 1 aromatic carbocycles. The predicted octanol–water partition coefficient (Wildman–Crippen LogP) is 1.84. The van der Waals surface area contributed by atoms with E-state index in [2.05, 4.69) is 10.3 Å². The maximum absolute atomic E-state index is 11.8. The van der Waals surface area contributed by atoms with Crippen LogP contribution in [0.2, 0.25) is 0 Å². The molecule has 112 valence electrons. The highest BCUT2D eigenvalue weighted by Gasteiger charge is 2.07. The van der Waals surface area contributed by atoms with E-state index in [0.717, 1.165) is 11.8 Å². The Kier molecular flexibility index (Phi) is 5.87. The fourth-order valence-corrected chi connectivity index (χ4v) is 2.27. The molecule has 0 saturated heterocycles. The molecule has 1 amide bonds. The highest BCUT2D eigenvalue weighted by Crippen LogP contribution is 2.10. The number of sulfone groups is 1. The molecule has 7 heteroatoms. The number of carbonyl (C=O) groups excluding carboxylic acids is 1. The number of carbonyl (C=O) groups is 1. The summed E-state index contributed by atoms with van der Waals surface area (Å²) in [7, 11) is -3.19. The number of hydrogen-bond acceptors (Lipinski definition) is 4. The lowest BCUT2D eigenvalue weighted by molar-refractivity contribution is 0.0950. The molecule has 0 unspecified atom stereocenters. The number of aromatic nitrogens is 1. The van der Waals surface area contributed by atoms with Crippen LogP contribution in [-0.2, 0) is 16.4 Å². The summed E-state index contributed by atoms with van der Waals surface area (Å²) in [4.78, 5) is 15.9. The molecule has 0 aliphatic heterocycles. The molecule has 2 rings (SSSR count). The molecule has 2 aromatic rings. The second-order valence-corrected chi connectivity index (χ2v) is 6.36. The van der Waals surface area contributed by atoms with Gasteiger partial charge in [0.15, 0.2) is 9.84 Å². The van der Waals surface area contributed by atoms with Crippen molar-refractivity contribution in [2.24, 2.45) is 0 Å². The first-order chi connectivity index (χ1) is 9.47. The first kappa shape index (κ1) is 17.1. The standard InChI is InChI=1S/C14H14N2O3S.ClH/c1-20(18,19)13-6-4-11(5-7-13)9-16-14(17)12-3-2-8-15-10-12;/h2-8,10H,9H2,1H3,(H,16,17);1H. The molecule has 0 atom stereocenters. The van der Waals surface area contributed by atoms with Gasteiger partial charge in [-0.3, -0.25) is 9.78 Å². The summed E-state index contributed by atoms with van der Waals surface area (Å²) in [6.07, 6.45) is 4.25. The zero-order valence-electron chi connectivity index (χ0n) is 11.3. The van der Waals surface area contributed by atoms with E-state index in [0.29, 0.717) is 12.1 Å². The largest absolute Gasteiger partial charge is 0.348 e. The van der Waals surface area contributed by atoms with Crippen molar-refractivity contribution < 1.29 is 13.2 Å². The summed E-state index contributed by atoms with van der Waals surface area (Å²) in [6.45, 7) is 0.331. The zero-order chi connectivity index (χ0) is 14.6. The molecule has 21 heavy (non-hydrogen) atoms. The summed E-state index contributed by atoms with van der Waals surface area (Å²) in [6, 6.07) is 9.78. The quantitative estimate of drug-likeness (QED) is 0.930. The van der Waals surface area contributed by atoms with E-state index in [9.17, 15) is 13.2 Å². The second kappa shape index (κ2) is 7.19. The Hall–Kier alpha value is -1.92. The monoisotopic (exact) mass is 326 g/mol. The Morgan fingerprint density at radius 2 is 1.86 bits per heavy atom. The van der Waals surface area contributed by atoms with Crippen molar-refractivity contribution in [3.05, 3.63) is 59.9 Å². The minimum absolute atomic E-state index is 0. The van der Waals surface area contributed by atoms with Gasteiger partial charge in [-0.2, -0.15) is 0 Å². The second-order valence-electron chi connectivity index (χ2n) is 4.34. The number of amides is 1. The van der Waals surface area contributed by atoms with Gasteiger partial charge in [-0.05, 0) is 29.8 Å². The van der Waals surface area contributed by atoms with Crippen LogP contribution in [0.5, 0.6) is 0 Å². The molecular formula is C14H15ClN2O3S. The predicted molar refractivity (Wildman–Crippen MR) is 82.2 cm³/mol. The number of pyridine rings is 1. The van der Waals surface area contributed by atoms with Gasteiger partial charge in [-0.15, -0.1) is 12.4 Å². The van der Waals surface area contributed by atoms with E-state index in [4.69, 9.17) is 0 Å². The molecule has 0 saturated carbocycles. The molecule has 0 radical (unpaired) electrons. The molecule has 1 aromatic heterocycles. The van der Waals surface area contributed by atoms with E-state index >= 15 is 0 Å². The van der Waals surface area contributed by atoms with E-state index in [1.807, 2.05) is 0 Å². The molecular weight excluding hydrogens is 312 g/mol. The topological polar surface area (TPSA) is 76.1 Å². The van der Waals surface area contributed by atoms with E-state index in [1.165, 1.54) is 18.3 Å². The van der Waals surface area contributed by atoms with Crippen molar-refractivity contribution in [1.82, 2.24) is 10.3 Å². The van der Waals surface area contributed by atoms with Gasteiger partial charge in [-0.25, -0.2) is 8.42 Å². The maximum Gasteiger partial charge on any atom is 0.253 e. The fraction of sp³-hybridized carbons (Fsp3) is 0.143. The van der Waals surface area contributed by atoms with Crippen LogP contribution in [-0.4, -0.2) is 25.6 Å². The van der Waals surface area contributed by atoms with E-state index < -0.39 is 9.84 Å². The minimum atomic E-state index is -3.19. The van der Waals surface area contributed by atoms with Gasteiger partial charge in [-0.1, -0.05) is 12.1 Å². The maximum atomic E-state index is 11.8. The van der Waals surface area contributed by atoms with Crippen LogP contribution in [0.15, 0.2) is 53.7 Å². The van der Waals surface area contributed by atoms with E-state index in [1.54, 1.807) is 30.5 Å². The Bertz CT molecular complexity index is 701. The van der Waals surface area contributed by atoms with Gasteiger partial charge in [0.25, 0.3) is 5.91 Å². The number of nitrogens with zero attached hydrogens (tertiary/aromatic N) is 1. The fourth-order valence-electron chi connectivity index (χ4n) is 1.64. The van der Waals surface area contributed by atoms with Crippen molar-refractivity contribution in [1.29, 1.82) is 0 Å². The number of hydrogen-bond donors (Lipinski definition) is 1. The summed E-state index contributed by atoms with van der Waals surface area (Å²) in [5.74, 6) is -0.217. The van der Waals surface area contributed by atoms with Crippen LogP contribution in [0, 0.1) is 0 Å². The van der Waals surface area contributed by atoms with Gasteiger partial charge in [0, 0.05) is 25.2 Å². The molecule has 0 fully saturated rings. The van der Waals surface area contributed by atoms with Crippen LogP contribution < -0.4 is 5.32 Å². The van der Waals surface area contributed by atoms with Crippen molar-refractivity contribution in [2.75, 3.05) is 6.26 Å². The molecule has 0 aliphatic rings. The van der Waals surface area contributed by atoms with Gasteiger partial charge < -0.3 is 5.32 Å². The van der Waals surface area contributed by atoms with Crippen LogP contribution in [0.25, 0.3) is 0 Å². The van der Waals surface area contributed by atoms with Gasteiger partial charge in [0.2, 0.25) is 0 Å². The summed E-state index contributed by atoms with van der Waals surface area (Å²) < 4.78 is 22.6. The van der Waals surface area contributed by atoms with Crippen LogP contribution in [0.4, 0.5) is 0 Å². The lowest BCUT2D eigenvalue weighted by Gasteiger charge is -2.06. The van der Waals surface area contributed by atoms with Crippen molar-refractivity contribution in [2.45, 2.75) is 11.4 Å². The molecule has 0 aliphatic carbocycles. The molecule has 0 bridgehead atoms. The molecule has 5 nitrogen and oxygen atoms in total. The highest BCUT2D eigenvalue weighted by molar-refractivity contribution is 7.90. The summed E-state index contributed by atoms with van der Waals surface area (Å²) >= 11 is 0. The van der Waals surface area contributed by atoms with Gasteiger partial charge in [0.1, 0.15) is 0 Å². The molecule has 1 heterocycles. The normalized spacial score (nSPS) is 10.5. The number of nitrogens with one attached hydrogen (secondary N) is 1. The third-order valence-corrected chi connectivity index (χ3v) is 3.86. The minimum Gasteiger partial charge on any atom is -0.348 e. The Balaban J connectivity index is 0.00000220. The summed E-state index contributed by atoms with van der Waals surface area (Å²) in [5, 5.41) is 2.75. The van der Waals surface area contributed by atoms with Crippen LogP contribution in [0.3, 0.4) is 0 Å². The van der Waals surface area contributed by atoms with Gasteiger partial charge >= 0.3 is 0 Å². The van der Waals surface area contributed by atoms with Crippen molar-refractivity contribution in [3.63, 3.8) is 0 Å². The first-order valence-corrected chi connectivity index (χ1v) is 7.83. The Labute approximate surface area is 129 Å². The molecule has 0 spiro atoms. The van der Waals surface area contributed by atoms with Crippen LogP contribution in [0.1, 0.15) is 15.9 Å². The Morgan fingerprint density at radius 3 is 2.38 bits per heavy atom. The van der Waals surface area contributed by atoms with Crippen molar-refractivity contribution in [3.8, 4) is 0 Å². The van der Waals surface area contributed by atoms with Crippen LogP contribution >= 0.6 is 12.4 Å². The first-order valence-electron chi connectivity index (χ1n) is 5.94. The SMILES string of the molecule is CS(=O)(=O)c1ccc(CNC(=O)c2cccnc2)cc1.Cl. The highest BCUT2D eigenvalue weighted by atomic mass is 35.5.